The molecule has 0 saturated carbocycles. The summed E-state index contributed by atoms with van der Waals surface area (Å²) in [7, 11) is 0. The van der Waals surface area contributed by atoms with Gasteiger partial charge in [-0.15, -0.1) is 0 Å². The molecule has 1 rings (SSSR count). The Morgan fingerprint density at radius 2 is 2.08 bits per heavy atom. The minimum absolute atomic E-state index is 0.770. The summed E-state index contributed by atoms with van der Waals surface area (Å²) in [5.74, 6) is 0. The molecule has 0 amide bonds. The largest absolute Gasteiger partial charge is 0.0837 e. The monoisotopic (exact) mass is 308 g/mol. The fourth-order valence-corrected chi connectivity index (χ4v) is 1.67. The Labute approximate surface area is 93.9 Å². The first-order valence-electron chi connectivity index (χ1n) is 3.39. The topological polar surface area (TPSA) is 0 Å². The lowest BCUT2D eigenvalue weighted by Gasteiger charge is -2.01. The lowest BCUT2D eigenvalue weighted by atomic mass is 10.1. The second-order valence-electron chi connectivity index (χ2n) is 2.40. The molecular formula is C9H7Br2Cl. The SMILES string of the molecule is Cc1cccc(Cl)c1C=C(Br)Br. The van der Waals surface area contributed by atoms with E-state index < -0.39 is 0 Å². The van der Waals surface area contributed by atoms with Crippen molar-refractivity contribution in [1.29, 1.82) is 0 Å². The third kappa shape index (κ3) is 2.61. The van der Waals surface area contributed by atoms with Gasteiger partial charge >= 0.3 is 0 Å². The molecule has 0 spiro atoms. The van der Waals surface area contributed by atoms with Crippen LogP contribution in [0, 0.1) is 6.92 Å². The van der Waals surface area contributed by atoms with Crippen molar-refractivity contribution in [1.82, 2.24) is 0 Å². The number of benzene rings is 1. The molecule has 1 aromatic carbocycles. The molecule has 0 atom stereocenters. The predicted molar refractivity (Wildman–Crippen MR) is 62.0 cm³/mol. The van der Waals surface area contributed by atoms with E-state index in [9.17, 15) is 0 Å². The Kier molecular flexibility index (Phi) is 3.81. The van der Waals surface area contributed by atoms with Gasteiger partial charge in [-0.05, 0) is 62.1 Å². The number of rotatable bonds is 1. The predicted octanol–water partition coefficient (Wildman–Crippen LogP) is 4.74. The third-order valence-corrected chi connectivity index (χ3v) is 2.31. The number of aryl methyl sites for hydroxylation is 1. The van der Waals surface area contributed by atoms with Crippen molar-refractivity contribution < 1.29 is 0 Å². The zero-order valence-corrected chi connectivity index (χ0v) is 10.4. The second-order valence-corrected chi connectivity index (χ2v) is 5.58. The van der Waals surface area contributed by atoms with E-state index in [1.54, 1.807) is 0 Å². The van der Waals surface area contributed by atoms with Gasteiger partial charge in [0, 0.05) is 5.02 Å². The van der Waals surface area contributed by atoms with Gasteiger partial charge in [-0.3, -0.25) is 0 Å². The summed E-state index contributed by atoms with van der Waals surface area (Å²) in [4.78, 5) is 0. The van der Waals surface area contributed by atoms with Crippen molar-refractivity contribution in [3.8, 4) is 0 Å². The van der Waals surface area contributed by atoms with E-state index in [1.165, 1.54) is 5.56 Å². The Morgan fingerprint density at radius 1 is 1.42 bits per heavy atom. The lowest BCUT2D eigenvalue weighted by Crippen LogP contribution is -1.80. The molecular weight excluding hydrogens is 303 g/mol. The summed E-state index contributed by atoms with van der Waals surface area (Å²) in [5.41, 5.74) is 2.21. The van der Waals surface area contributed by atoms with E-state index in [-0.39, 0.29) is 0 Å². The van der Waals surface area contributed by atoms with Crippen LogP contribution in [0.3, 0.4) is 0 Å². The first kappa shape index (κ1) is 10.3. The Bertz CT molecular complexity index is 294. The summed E-state index contributed by atoms with van der Waals surface area (Å²) in [6, 6.07) is 5.85. The maximum atomic E-state index is 5.99. The maximum absolute atomic E-state index is 5.99. The standard InChI is InChI=1S/C9H7Br2Cl/c1-6-3-2-4-8(12)7(6)5-9(10)11/h2-5H,1H3. The summed E-state index contributed by atoms with van der Waals surface area (Å²) in [6.45, 7) is 2.03. The van der Waals surface area contributed by atoms with Gasteiger partial charge in [0.05, 0.1) is 3.39 Å². The van der Waals surface area contributed by atoms with Crippen LogP contribution in [0.2, 0.25) is 5.02 Å². The molecule has 0 aromatic heterocycles. The first-order chi connectivity index (χ1) is 5.61. The summed E-state index contributed by atoms with van der Waals surface area (Å²) < 4.78 is 0.895. The van der Waals surface area contributed by atoms with Crippen LogP contribution in [-0.4, -0.2) is 0 Å². The van der Waals surface area contributed by atoms with Gasteiger partial charge in [-0.1, -0.05) is 23.7 Å². The fourth-order valence-electron chi connectivity index (χ4n) is 0.937. The van der Waals surface area contributed by atoms with Crippen LogP contribution < -0.4 is 0 Å². The quantitative estimate of drug-likeness (QED) is 0.703. The van der Waals surface area contributed by atoms with Gasteiger partial charge < -0.3 is 0 Å². The van der Waals surface area contributed by atoms with Crippen molar-refractivity contribution in [3.63, 3.8) is 0 Å². The van der Waals surface area contributed by atoms with Gasteiger partial charge in [0.1, 0.15) is 0 Å². The molecule has 0 nitrogen and oxygen atoms in total. The van der Waals surface area contributed by atoms with E-state index in [1.807, 2.05) is 31.2 Å². The molecule has 64 valence electrons. The first-order valence-corrected chi connectivity index (χ1v) is 5.35. The van der Waals surface area contributed by atoms with Crippen molar-refractivity contribution in [3.05, 3.63) is 37.7 Å². The van der Waals surface area contributed by atoms with Crippen LogP contribution in [0.25, 0.3) is 6.08 Å². The molecule has 0 N–H and O–H groups in total. The normalized spacial score (nSPS) is 9.67. The minimum Gasteiger partial charge on any atom is -0.0837 e. The molecule has 0 aliphatic carbocycles. The Balaban J connectivity index is 3.22. The van der Waals surface area contributed by atoms with E-state index >= 15 is 0 Å². The third-order valence-electron chi connectivity index (χ3n) is 1.52. The van der Waals surface area contributed by atoms with Gasteiger partial charge in [-0.2, -0.15) is 0 Å². The van der Waals surface area contributed by atoms with E-state index in [0.29, 0.717) is 0 Å². The highest BCUT2D eigenvalue weighted by Crippen LogP contribution is 2.25. The van der Waals surface area contributed by atoms with E-state index in [4.69, 9.17) is 11.6 Å². The van der Waals surface area contributed by atoms with Crippen LogP contribution >= 0.6 is 43.5 Å². The molecule has 0 fully saturated rings. The number of hydrogen-bond donors (Lipinski definition) is 0. The fraction of sp³-hybridized carbons (Fsp3) is 0.111. The van der Waals surface area contributed by atoms with Crippen molar-refractivity contribution in [2.45, 2.75) is 6.92 Å². The molecule has 0 bridgehead atoms. The van der Waals surface area contributed by atoms with Gasteiger partial charge in [-0.25, -0.2) is 0 Å². The van der Waals surface area contributed by atoms with Crippen molar-refractivity contribution in [2.24, 2.45) is 0 Å². The maximum Gasteiger partial charge on any atom is 0.0610 e. The van der Waals surface area contributed by atoms with E-state index in [0.717, 1.165) is 14.0 Å². The summed E-state index contributed by atoms with van der Waals surface area (Å²) in [6.07, 6.45) is 1.94. The second kappa shape index (κ2) is 4.45. The average molecular weight is 310 g/mol. The highest BCUT2D eigenvalue weighted by Gasteiger charge is 1.99. The Hall–Kier alpha value is 0.210. The molecule has 0 aliphatic heterocycles. The molecule has 0 aliphatic rings. The highest BCUT2D eigenvalue weighted by atomic mass is 79.9. The molecule has 12 heavy (non-hydrogen) atoms. The molecule has 0 heterocycles. The summed E-state index contributed by atoms with van der Waals surface area (Å²) in [5, 5.41) is 0.770. The smallest absolute Gasteiger partial charge is 0.0610 e. The molecule has 0 unspecified atom stereocenters. The number of hydrogen-bond acceptors (Lipinski definition) is 0. The lowest BCUT2D eigenvalue weighted by molar-refractivity contribution is 1.44. The van der Waals surface area contributed by atoms with E-state index in [2.05, 4.69) is 31.9 Å². The van der Waals surface area contributed by atoms with Gasteiger partial charge in [0.25, 0.3) is 0 Å². The molecule has 3 heteroatoms. The molecule has 0 radical (unpaired) electrons. The van der Waals surface area contributed by atoms with Crippen LogP contribution in [0.15, 0.2) is 21.6 Å². The minimum atomic E-state index is 0.770. The Morgan fingerprint density at radius 3 is 2.58 bits per heavy atom. The zero-order chi connectivity index (χ0) is 9.14. The number of halogens is 3. The van der Waals surface area contributed by atoms with Gasteiger partial charge in [0.2, 0.25) is 0 Å². The molecule has 1 aromatic rings. The van der Waals surface area contributed by atoms with Gasteiger partial charge in [0.15, 0.2) is 0 Å². The van der Waals surface area contributed by atoms with Crippen LogP contribution in [-0.2, 0) is 0 Å². The van der Waals surface area contributed by atoms with Crippen molar-refractivity contribution in [2.75, 3.05) is 0 Å². The highest BCUT2D eigenvalue weighted by molar-refractivity contribution is 9.28. The molecule has 0 saturated heterocycles. The van der Waals surface area contributed by atoms with Crippen LogP contribution in [0.4, 0.5) is 0 Å². The van der Waals surface area contributed by atoms with Crippen LogP contribution in [0.5, 0.6) is 0 Å². The van der Waals surface area contributed by atoms with Crippen LogP contribution in [0.1, 0.15) is 11.1 Å². The average Bonchev–Trinajstić information content (AvgIpc) is 1.97. The van der Waals surface area contributed by atoms with Crippen molar-refractivity contribution >= 4 is 49.5 Å². The summed E-state index contributed by atoms with van der Waals surface area (Å²) >= 11 is 12.6. The zero-order valence-electron chi connectivity index (χ0n) is 6.44.